The molecule has 0 aliphatic heterocycles. The van der Waals surface area contributed by atoms with Gasteiger partial charge in [-0.15, -0.1) is 8.57 Å². The predicted molar refractivity (Wildman–Crippen MR) is 72.6 cm³/mol. The summed E-state index contributed by atoms with van der Waals surface area (Å²) in [5, 5.41) is 0. The quantitative estimate of drug-likeness (QED) is 0.795. The second kappa shape index (κ2) is 6.33. The third-order valence-corrected chi connectivity index (χ3v) is 4.63. The minimum absolute atomic E-state index is 0.141. The van der Waals surface area contributed by atoms with Gasteiger partial charge in [-0.05, 0) is 29.9 Å². The van der Waals surface area contributed by atoms with E-state index in [-0.39, 0.29) is 9.79 Å². The van der Waals surface area contributed by atoms with Crippen molar-refractivity contribution in [1.29, 1.82) is 0 Å². The summed E-state index contributed by atoms with van der Waals surface area (Å²) in [6.45, 7) is 0. The molecule has 0 amide bonds. The molecule has 0 heterocycles. The van der Waals surface area contributed by atoms with E-state index in [1.807, 2.05) is 0 Å². The van der Waals surface area contributed by atoms with Gasteiger partial charge in [0.1, 0.15) is 0 Å². The zero-order valence-corrected chi connectivity index (χ0v) is 12.2. The van der Waals surface area contributed by atoms with Crippen LogP contribution >= 0.6 is 0 Å². The normalized spacial score (nSPS) is 12.2. The Balaban J connectivity index is 2.02. The third kappa shape index (κ3) is 4.09. The van der Waals surface area contributed by atoms with Crippen molar-refractivity contribution in [3.8, 4) is 0 Å². The number of rotatable bonds is 6. The number of benzene rings is 2. The molecule has 0 aliphatic carbocycles. The molecule has 21 heavy (non-hydrogen) atoms. The molecular weight excluding hydrogens is 318 g/mol. The van der Waals surface area contributed by atoms with Crippen molar-refractivity contribution in [1.82, 2.24) is 5.64 Å². The van der Waals surface area contributed by atoms with Gasteiger partial charge in [0.25, 0.3) is 0 Å². The second-order valence-corrected chi connectivity index (χ2v) is 6.88. The van der Waals surface area contributed by atoms with Crippen molar-refractivity contribution in [3.05, 3.63) is 60.7 Å². The smallest absolute Gasteiger partial charge is 0.192 e. The van der Waals surface area contributed by atoms with E-state index in [0.29, 0.717) is 0 Å². The van der Waals surface area contributed by atoms with Crippen molar-refractivity contribution in [2.24, 2.45) is 0 Å². The summed E-state index contributed by atoms with van der Waals surface area (Å²) in [6, 6.07) is 14.4. The molecule has 7 nitrogen and oxygen atoms in total. The van der Waals surface area contributed by atoms with Gasteiger partial charge < -0.3 is 0 Å². The minimum atomic E-state index is -4.17. The lowest BCUT2D eigenvalue weighted by atomic mass is 10.4. The number of nitrogens with one attached hydrogen (secondary N) is 1. The average Bonchev–Trinajstić information content (AvgIpc) is 2.49. The summed E-state index contributed by atoms with van der Waals surface area (Å²) in [7, 11) is -8.33. The fourth-order valence-electron chi connectivity index (χ4n) is 1.37. The van der Waals surface area contributed by atoms with Crippen LogP contribution in [-0.2, 0) is 28.8 Å². The molecule has 0 saturated heterocycles. The van der Waals surface area contributed by atoms with E-state index in [2.05, 4.69) is 8.57 Å². The highest BCUT2D eigenvalue weighted by Crippen LogP contribution is 2.12. The van der Waals surface area contributed by atoms with E-state index >= 15 is 0 Å². The first-order valence-corrected chi connectivity index (χ1v) is 8.45. The van der Waals surface area contributed by atoms with E-state index in [0.717, 1.165) is 0 Å². The van der Waals surface area contributed by atoms with Gasteiger partial charge in [0.05, 0.1) is 9.79 Å². The molecule has 2 rings (SSSR count). The van der Waals surface area contributed by atoms with Crippen LogP contribution in [0.25, 0.3) is 0 Å². The topological polar surface area (TPSA) is 98.8 Å². The third-order valence-electron chi connectivity index (χ3n) is 2.35. The fourth-order valence-corrected chi connectivity index (χ4v) is 2.84. The summed E-state index contributed by atoms with van der Waals surface area (Å²) < 4.78 is 55.4. The summed E-state index contributed by atoms with van der Waals surface area (Å²) in [6.07, 6.45) is 0. The van der Waals surface area contributed by atoms with Crippen LogP contribution in [0.5, 0.6) is 0 Å². The molecular formula is C12H11NO6S2. The standard InChI is InChI=1S/C12H11NO6S2/c14-20(15,11-7-3-1-4-8-11)18-13-19-21(16,17)12-9-5-2-6-10-12/h1-10,13H. The Kier molecular flexibility index (Phi) is 4.70. The van der Waals surface area contributed by atoms with Crippen molar-refractivity contribution in [2.45, 2.75) is 9.79 Å². The van der Waals surface area contributed by atoms with Gasteiger partial charge in [-0.25, -0.2) is 0 Å². The zero-order chi connectivity index (χ0) is 15.3. The highest BCUT2D eigenvalue weighted by atomic mass is 32.2. The molecule has 0 saturated carbocycles. The summed E-state index contributed by atoms with van der Waals surface area (Å²) in [5.41, 5.74) is 1.49. The largest absolute Gasteiger partial charge is 0.314 e. The van der Waals surface area contributed by atoms with E-state index in [1.165, 1.54) is 54.2 Å². The first kappa shape index (κ1) is 15.6. The van der Waals surface area contributed by atoms with Crippen molar-refractivity contribution < 1.29 is 25.4 Å². The average molecular weight is 329 g/mol. The monoisotopic (exact) mass is 329 g/mol. The molecule has 1 N–H and O–H groups in total. The molecule has 0 bridgehead atoms. The Morgan fingerprint density at radius 1 is 0.619 bits per heavy atom. The predicted octanol–water partition coefficient (Wildman–Crippen LogP) is 1.22. The maximum atomic E-state index is 11.7. The van der Waals surface area contributed by atoms with E-state index in [1.54, 1.807) is 12.1 Å². The Morgan fingerprint density at radius 2 is 0.952 bits per heavy atom. The Bertz CT molecular complexity index is 719. The molecule has 0 aliphatic rings. The van der Waals surface area contributed by atoms with Crippen LogP contribution in [0.2, 0.25) is 0 Å². The molecule has 0 fully saturated rings. The first-order valence-electron chi connectivity index (χ1n) is 5.64. The molecule has 0 atom stereocenters. The van der Waals surface area contributed by atoms with E-state index < -0.39 is 20.2 Å². The zero-order valence-electron chi connectivity index (χ0n) is 10.5. The van der Waals surface area contributed by atoms with Crippen LogP contribution in [-0.4, -0.2) is 16.8 Å². The highest BCUT2D eigenvalue weighted by Gasteiger charge is 2.19. The molecule has 2 aromatic carbocycles. The molecule has 0 unspecified atom stereocenters. The maximum absolute atomic E-state index is 11.7. The van der Waals surface area contributed by atoms with Crippen molar-refractivity contribution in [3.63, 3.8) is 0 Å². The Labute approximate surface area is 122 Å². The number of hydrogen-bond donors (Lipinski definition) is 1. The van der Waals surface area contributed by atoms with Gasteiger partial charge in [-0.2, -0.15) is 16.8 Å². The molecule has 0 aromatic heterocycles. The SMILES string of the molecule is O=S(=O)(ONOS(=O)(=O)c1ccccc1)c1ccccc1. The maximum Gasteiger partial charge on any atom is 0.314 e. The molecule has 0 radical (unpaired) electrons. The van der Waals surface area contributed by atoms with Crippen molar-refractivity contribution in [2.75, 3.05) is 0 Å². The van der Waals surface area contributed by atoms with Crippen LogP contribution in [0.3, 0.4) is 0 Å². The van der Waals surface area contributed by atoms with Gasteiger partial charge in [0.2, 0.25) is 0 Å². The Morgan fingerprint density at radius 3 is 1.29 bits per heavy atom. The van der Waals surface area contributed by atoms with Crippen LogP contribution < -0.4 is 5.64 Å². The lowest BCUT2D eigenvalue weighted by molar-refractivity contribution is -0.00729. The first-order chi connectivity index (χ1) is 9.92. The second-order valence-electron chi connectivity index (χ2n) is 3.78. The molecule has 9 heteroatoms. The summed E-state index contributed by atoms with van der Waals surface area (Å²) in [4.78, 5) is -0.281. The van der Waals surface area contributed by atoms with Crippen LogP contribution in [0.1, 0.15) is 0 Å². The van der Waals surface area contributed by atoms with Gasteiger partial charge >= 0.3 is 20.2 Å². The number of hydrogen-bond acceptors (Lipinski definition) is 7. The highest BCUT2D eigenvalue weighted by molar-refractivity contribution is 7.87. The van der Waals surface area contributed by atoms with Gasteiger partial charge in [0.15, 0.2) is 0 Å². The van der Waals surface area contributed by atoms with Crippen LogP contribution in [0, 0.1) is 0 Å². The lowest BCUT2D eigenvalue weighted by Gasteiger charge is -2.07. The van der Waals surface area contributed by atoms with E-state index in [4.69, 9.17) is 0 Å². The summed E-state index contributed by atoms with van der Waals surface area (Å²) in [5.74, 6) is 0. The van der Waals surface area contributed by atoms with Crippen molar-refractivity contribution >= 4 is 20.2 Å². The van der Waals surface area contributed by atoms with Gasteiger partial charge in [-0.3, -0.25) is 0 Å². The lowest BCUT2D eigenvalue weighted by Crippen LogP contribution is -2.24. The molecule has 112 valence electrons. The van der Waals surface area contributed by atoms with E-state index in [9.17, 15) is 16.8 Å². The van der Waals surface area contributed by atoms with Gasteiger partial charge in [0, 0.05) is 0 Å². The van der Waals surface area contributed by atoms with Crippen LogP contribution in [0.15, 0.2) is 70.5 Å². The molecule has 2 aromatic rings. The minimum Gasteiger partial charge on any atom is -0.192 e. The summed E-state index contributed by atoms with van der Waals surface area (Å²) >= 11 is 0. The molecule has 0 spiro atoms. The fraction of sp³-hybridized carbons (Fsp3) is 0. The van der Waals surface area contributed by atoms with Crippen LogP contribution in [0.4, 0.5) is 0 Å². The Hall–Kier alpha value is -1.78. The van der Waals surface area contributed by atoms with Gasteiger partial charge in [-0.1, -0.05) is 36.4 Å².